The molecule has 3 nitrogen and oxygen atoms in total. The predicted octanol–water partition coefficient (Wildman–Crippen LogP) is 3.38. The molecule has 1 aromatic heterocycles. The molecule has 0 aromatic carbocycles. The molecule has 1 aliphatic heterocycles. The molecule has 0 saturated carbocycles. The summed E-state index contributed by atoms with van der Waals surface area (Å²) in [5.41, 5.74) is 2.40. The molecule has 0 radical (unpaired) electrons. The third-order valence-electron chi connectivity index (χ3n) is 4.44. The minimum Gasteiger partial charge on any atom is -0.370 e. The van der Waals surface area contributed by atoms with Crippen LogP contribution in [0.5, 0.6) is 0 Å². The highest BCUT2D eigenvalue weighted by atomic mass is 15.1. The number of pyridine rings is 1. The summed E-state index contributed by atoms with van der Waals surface area (Å²) in [5, 5.41) is 3.23. The predicted molar refractivity (Wildman–Crippen MR) is 81.6 cm³/mol. The van der Waals surface area contributed by atoms with Gasteiger partial charge in [0.1, 0.15) is 0 Å². The van der Waals surface area contributed by atoms with E-state index in [9.17, 15) is 0 Å². The van der Waals surface area contributed by atoms with Crippen molar-refractivity contribution in [1.29, 1.82) is 0 Å². The Morgan fingerprint density at radius 1 is 1.37 bits per heavy atom. The van der Waals surface area contributed by atoms with Gasteiger partial charge >= 0.3 is 0 Å². The summed E-state index contributed by atoms with van der Waals surface area (Å²) >= 11 is 0. The van der Waals surface area contributed by atoms with Crippen molar-refractivity contribution in [3.05, 3.63) is 24.0 Å². The lowest BCUT2D eigenvalue weighted by molar-refractivity contribution is 0.459. The highest BCUT2D eigenvalue weighted by Gasteiger charge is 2.16. The van der Waals surface area contributed by atoms with Gasteiger partial charge in [-0.05, 0) is 51.3 Å². The highest BCUT2D eigenvalue weighted by molar-refractivity contribution is 5.44. The van der Waals surface area contributed by atoms with Gasteiger partial charge in [-0.2, -0.15) is 0 Å². The standard InChI is InChI=1S/C16H27N3/c1-4-14-6-5-10-19(11-9-14)15-7-8-16(18-12-15)13(2)17-3/h7-8,12-14,17H,4-6,9-11H2,1-3H3. The molecular weight excluding hydrogens is 234 g/mol. The van der Waals surface area contributed by atoms with E-state index in [1.54, 1.807) is 0 Å². The summed E-state index contributed by atoms with van der Waals surface area (Å²) in [5.74, 6) is 0.918. The summed E-state index contributed by atoms with van der Waals surface area (Å²) in [7, 11) is 1.97. The van der Waals surface area contributed by atoms with E-state index < -0.39 is 0 Å². The van der Waals surface area contributed by atoms with Gasteiger partial charge in [0.15, 0.2) is 0 Å². The van der Waals surface area contributed by atoms with E-state index in [1.165, 1.54) is 44.5 Å². The molecule has 106 valence electrons. The van der Waals surface area contributed by atoms with Crippen molar-refractivity contribution in [2.45, 2.75) is 45.6 Å². The van der Waals surface area contributed by atoms with Gasteiger partial charge in [-0.3, -0.25) is 4.98 Å². The molecule has 2 atom stereocenters. The molecule has 19 heavy (non-hydrogen) atoms. The Labute approximate surface area is 117 Å². The number of hydrogen-bond acceptors (Lipinski definition) is 3. The highest BCUT2D eigenvalue weighted by Crippen LogP contribution is 2.24. The third-order valence-corrected chi connectivity index (χ3v) is 4.44. The van der Waals surface area contributed by atoms with Gasteiger partial charge in [-0.15, -0.1) is 0 Å². The average Bonchev–Trinajstić information content (AvgIpc) is 2.72. The van der Waals surface area contributed by atoms with Crippen LogP contribution < -0.4 is 10.2 Å². The lowest BCUT2D eigenvalue weighted by Gasteiger charge is -2.23. The van der Waals surface area contributed by atoms with Gasteiger partial charge in [-0.1, -0.05) is 13.3 Å². The van der Waals surface area contributed by atoms with E-state index in [0.717, 1.165) is 11.6 Å². The monoisotopic (exact) mass is 261 g/mol. The van der Waals surface area contributed by atoms with Crippen molar-refractivity contribution in [3.63, 3.8) is 0 Å². The molecule has 2 rings (SSSR count). The molecular formula is C16H27N3. The molecule has 1 N–H and O–H groups in total. The average molecular weight is 261 g/mol. The third kappa shape index (κ3) is 3.69. The van der Waals surface area contributed by atoms with Gasteiger partial charge < -0.3 is 10.2 Å². The SMILES string of the molecule is CCC1CCCN(c2ccc(C(C)NC)nc2)CC1. The maximum Gasteiger partial charge on any atom is 0.0571 e. The zero-order valence-electron chi connectivity index (χ0n) is 12.5. The Hall–Kier alpha value is -1.09. The second-order valence-corrected chi connectivity index (χ2v) is 5.64. The van der Waals surface area contributed by atoms with Crippen molar-refractivity contribution in [3.8, 4) is 0 Å². The maximum absolute atomic E-state index is 4.59. The zero-order valence-corrected chi connectivity index (χ0v) is 12.5. The number of anilines is 1. The molecule has 1 saturated heterocycles. The zero-order chi connectivity index (χ0) is 13.7. The summed E-state index contributed by atoms with van der Waals surface area (Å²) < 4.78 is 0. The van der Waals surface area contributed by atoms with Crippen LogP contribution in [0.15, 0.2) is 18.3 Å². The van der Waals surface area contributed by atoms with Crippen LogP contribution in [0, 0.1) is 5.92 Å². The van der Waals surface area contributed by atoms with Crippen molar-refractivity contribution < 1.29 is 0 Å². The van der Waals surface area contributed by atoms with Gasteiger partial charge in [0.2, 0.25) is 0 Å². The maximum atomic E-state index is 4.59. The fraction of sp³-hybridized carbons (Fsp3) is 0.688. The number of rotatable bonds is 4. The van der Waals surface area contributed by atoms with Crippen LogP contribution in [-0.4, -0.2) is 25.1 Å². The fourth-order valence-corrected chi connectivity index (χ4v) is 2.82. The van der Waals surface area contributed by atoms with Crippen LogP contribution in [0.25, 0.3) is 0 Å². The molecule has 0 amide bonds. The van der Waals surface area contributed by atoms with Gasteiger partial charge in [0.25, 0.3) is 0 Å². The Balaban J connectivity index is 2.01. The number of nitrogens with one attached hydrogen (secondary N) is 1. The van der Waals surface area contributed by atoms with Crippen molar-refractivity contribution >= 4 is 5.69 Å². The van der Waals surface area contributed by atoms with E-state index >= 15 is 0 Å². The second kappa shape index (κ2) is 6.90. The molecule has 3 heteroatoms. The molecule has 1 aliphatic rings. The molecule has 0 aliphatic carbocycles. The molecule has 0 spiro atoms. The first-order valence-electron chi connectivity index (χ1n) is 7.62. The summed E-state index contributed by atoms with van der Waals surface area (Å²) in [6, 6.07) is 4.70. The Bertz CT molecular complexity index is 374. The van der Waals surface area contributed by atoms with Gasteiger partial charge in [0, 0.05) is 19.1 Å². The number of nitrogens with zero attached hydrogens (tertiary/aromatic N) is 2. The lowest BCUT2D eigenvalue weighted by atomic mass is 9.98. The first-order valence-corrected chi connectivity index (χ1v) is 7.62. The van der Waals surface area contributed by atoms with E-state index in [0.29, 0.717) is 6.04 Å². The normalized spacial score (nSPS) is 22.1. The topological polar surface area (TPSA) is 28.2 Å². The van der Waals surface area contributed by atoms with Gasteiger partial charge in [-0.25, -0.2) is 0 Å². The van der Waals surface area contributed by atoms with Crippen LogP contribution in [0.2, 0.25) is 0 Å². The Kier molecular flexibility index (Phi) is 5.20. The number of aromatic nitrogens is 1. The van der Waals surface area contributed by atoms with Crippen molar-refractivity contribution in [1.82, 2.24) is 10.3 Å². The molecule has 2 heterocycles. The van der Waals surface area contributed by atoms with Crippen LogP contribution in [0.4, 0.5) is 5.69 Å². The van der Waals surface area contributed by atoms with Crippen molar-refractivity contribution in [2.24, 2.45) is 5.92 Å². The van der Waals surface area contributed by atoms with E-state index in [4.69, 9.17) is 0 Å². The second-order valence-electron chi connectivity index (χ2n) is 5.64. The van der Waals surface area contributed by atoms with Gasteiger partial charge in [0.05, 0.1) is 17.6 Å². The Morgan fingerprint density at radius 2 is 2.21 bits per heavy atom. The lowest BCUT2D eigenvalue weighted by Crippen LogP contribution is -2.24. The Morgan fingerprint density at radius 3 is 2.84 bits per heavy atom. The van der Waals surface area contributed by atoms with Crippen LogP contribution in [0.3, 0.4) is 0 Å². The summed E-state index contributed by atoms with van der Waals surface area (Å²) in [6.07, 6.45) is 7.38. The van der Waals surface area contributed by atoms with Crippen LogP contribution >= 0.6 is 0 Å². The minimum absolute atomic E-state index is 0.322. The molecule has 0 bridgehead atoms. The minimum atomic E-state index is 0.322. The summed E-state index contributed by atoms with van der Waals surface area (Å²) in [6.45, 7) is 6.82. The fourth-order valence-electron chi connectivity index (χ4n) is 2.82. The molecule has 2 unspecified atom stereocenters. The first kappa shape index (κ1) is 14.3. The first-order chi connectivity index (χ1) is 9.24. The largest absolute Gasteiger partial charge is 0.370 e. The van der Waals surface area contributed by atoms with Crippen LogP contribution in [0.1, 0.15) is 51.3 Å². The quantitative estimate of drug-likeness (QED) is 0.900. The molecule has 1 aromatic rings. The number of hydrogen-bond donors (Lipinski definition) is 1. The van der Waals surface area contributed by atoms with Crippen molar-refractivity contribution in [2.75, 3.05) is 25.0 Å². The molecule has 1 fully saturated rings. The van der Waals surface area contributed by atoms with E-state index in [-0.39, 0.29) is 0 Å². The van der Waals surface area contributed by atoms with E-state index in [1.807, 2.05) is 13.2 Å². The summed E-state index contributed by atoms with van der Waals surface area (Å²) in [4.78, 5) is 7.09. The van der Waals surface area contributed by atoms with Crippen LogP contribution in [-0.2, 0) is 0 Å². The van der Waals surface area contributed by atoms with E-state index in [2.05, 4.69) is 41.2 Å². The smallest absolute Gasteiger partial charge is 0.0571 e.